The van der Waals surface area contributed by atoms with Crippen molar-refractivity contribution in [1.82, 2.24) is 0 Å². The van der Waals surface area contributed by atoms with Crippen molar-refractivity contribution in [1.29, 1.82) is 0 Å². The molecule has 20 heavy (non-hydrogen) atoms. The average molecular weight is 283 g/mol. The topological polar surface area (TPSA) is 119 Å². The van der Waals surface area contributed by atoms with Crippen molar-refractivity contribution in [3.63, 3.8) is 0 Å². The first-order valence-electron chi connectivity index (χ1n) is 5.82. The second-order valence-corrected chi connectivity index (χ2v) is 4.09. The molecule has 1 aromatic carbocycles. The van der Waals surface area contributed by atoms with E-state index in [9.17, 15) is 19.8 Å². The molecule has 1 aromatic rings. The van der Waals surface area contributed by atoms with Crippen LogP contribution in [0.5, 0.6) is 0 Å². The van der Waals surface area contributed by atoms with Crippen molar-refractivity contribution in [2.24, 2.45) is 0 Å². The Labute approximate surface area is 115 Å². The molecule has 0 bridgehead atoms. The lowest BCUT2D eigenvalue weighted by molar-refractivity contribution is -0.144. The highest BCUT2D eigenvalue weighted by atomic mass is 16.5. The van der Waals surface area contributed by atoms with Gasteiger partial charge in [-0.3, -0.25) is 4.79 Å². The van der Waals surface area contributed by atoms with E-state index >= 15 is 0 Å². The number of benzene rings is 1. The maximum Gasteiger partial charge on any atom is 0.339 e. The molecule has 0 aliphatic carbocycles. The van der Waals surface area contributed by atoms with Crippen LogP contribution in [0.2, 0.25) is 0 Å². The lowest BCUT2D eigenvalue weighted by Gasteiger charge is -2.19. The number of carbonyl (C=O) groups is 2. The molecule has 0 spiro atoms. The van der Waals surface area contributed by atoms with Crippen LogP contribution >= 0.6 is 0 Å². The number of hydrogen-bond donors (Lipinski definition) is 3. The monoisotopic (exact) mass is 283 g/mol. The summed E-state index contributed by atoms with van der Waals surface area (Å²) in [4.78, 5) is 22.5. The minimum Gasteiger partial charge on any atom is -0.469 e. The summed E-state index contributed by atoms with van der Waals surface area (Å²) in [5.41, 5.74) is 5.99. The second-order valence-electron chi connectivity index (χ2n) is 4.09. The van der Waals surface area contributed by atoms with Gasteiger partial charge in [-0.15, -0.1) is 0 Å². The number of aliphatic hydroxyl groups is 2. The largest absolute Gasteiger partial charge is 0.469 e. The van der Waals surface area contributed by atoms with E-state index in [1.807, 2.05) is 0 Å². The van der Waals surface area contributed by atoms with E-state index in [-0.39, 0.29) is 23.2 Å². The first-order valence-corrected chi connectivity index (χ1v) is 5.82. The number of aliphatic hydroxyl groups excluding tert-OH is 2. The lowest BCUT2D eigenvalue weighted by atomic mass is 9.98. The molecule has 0 aliphatic rings. The molecule has 0 aliphatic heterocycles. The van der Waals surface area contributed by atoms with Crippen LogP contribution in [-0.2, 0) is 14.3 Å². The summed E-state index contributed by atoms with van der Waals surface area (Å²) in [7, 11) is 2.38. The first-order chi connectivity index (χ1) is 9.42. The predicted molar refractivity (Wildman–Crippen MR) is 69.8 cm³/mol. The van der Waals surface area contributed by atoms with Gasteiger partial charge in [-0.1, -0.05) is 12.1 Å². The molecule has 0 fully saturated rings. The van der Waals surface area contributed by atoms with Crippen LogP contribution < -0.4 is 5.73 Å². The normalized spacial score (nSPS) is 13.4. The number of para-hydroxylation sites is 1. The summed E-state index contributed by atoms with van der Waals surface area (Å²) in [6.07, 6.45) is -3.20. The molecule has 1 rings (SSSR count). The van der Waals surface area contributed by atoms with Gasteiger partial charge in [0.2, 0.25) is 0 Å². The number of ether oxygens (including phenoxy) is 2. The van der Waals surface area contributed by atoms with Crippen molar-refractivity contribution in [2.75, 3.05) is 20.0 Å². The summed E-state index contributed by atoms with van der Waals surface area (Å²) in [6.45, 7) is 0. The Morgan fingerprint density at radius 2 is 1.90 bits per heavy atom. The zero-order valence-corrected chi connectivity index (χ0v) is 11.2. The fourth-order valence-electron chi connectivity index (χ4n) is 1.70. The van der Waals surface area contributed by atoms with Crippen molar-refractivity contribution < 1.29 is 29.3 Å². The van der Waals surface area contributed by atoms with Gasteiger partial charge >= 0.3 is 11.9 Å². The van der Waals surface area contributed by atoms with Crippen LogP contribution in [-0.4, -0.2) is 42.5 Å². The molecular formula is C13H17NO6. The summed E-state index contributed by atoms with van der Waals surface area (Å²) in [5.74, 6) is -1.32. The van der Waals surface area contributed by atoms with Gasteiger partial charge in [0.05, 0.1) is 38.0 Å². The van der Waals surface area contributed by atoms with E-state index in [4.69, 9.17) is 5.73 Å². The minimum atomic E-state index is -1.42. The maximum absolute atomic E-state index is 11.5. The Kier molecular flexibility index (Phi) is 5.48. The van der Waals surface area contributed by atoms with Crippen molar-refractivity contribution in [3.05, 3.63) is 29.3 Å². The predicted octanol–water partition coefficient (Wildman–Crippen LogP) is 0.0128. The van der Waals surface area contributed by atoms with Gasteiger partial charge in [0, 0.05) is 5.56 Å². The Morgan fingerprint density at radius 3 is 2.45 bits per heavy atom. The SMILES string of the molecule is COC(=O)CC(O)C(O)c1cccc(C(=O)OC)c1N. The molecule has 0 aromatic heterocycles. The van der Waals surface area contributed by atoms with Crippen LogP contribution in [0.15, 0.2) is 18.2 Å². The summed E-state index contributed by atoms with van der Waals surface area (Å²) >= 11 is 0. The van der Waals surface area contributed by atoms with Gasteiger partial charge in [0.25, 0.3) is 0 Å². The molecule has 7 nitrogen and oxygen atoms in total. The quantitative estimate of drug-likeness (QED) is 0.514. The lowest BCUT2D eigenvalue weighted by Crippen LogP contribution is -2.24. The third kappa shape index (κ3) is 3.46. The van der Waals surface area contributed by atoms with Crippen LogP contribution in [0.1, 0.15) is 28.4 Å². The van der Waals surface area contributed by atoms with Crippen molar-refractivity contribution in [3.8, 4) is 0 Å². The standard InChI is InChI=1S/C13H17NO6/c1-19-10(16)6-9(15)12(17)7-4-3-5-8(11(7)14)13(18)20-2/h3-5,9,12,15,17H,6,14H2,1-2H3. The van der Waals surface area contributed by atoms with Crippen LogP contribution in [0.4, 0.5) is 5.69 Å². The molecule has 0 heterocycles. The third-order valence-electron chi connectivity index (χ3n) is 2.83. The molecule has 4 N–H and O–H groups in total. The van der Waals surface area contributed by atoms with Gasteiger partial charge in [0.1, 0.15) is 6.10 Å². The van der Waals surface area contributed by atoms with Gasteiger partial charge in [-0.25, -0.2) is 4.79 Å². The number of rotatable bonds is 5. The number of anilines is 1. The van der Waals surface area contributed by atoms with Gasteiger partial charge in [-0.2, -0.15) is 0 Å². The van der Waals surface area contributed by atoms with E-state index < -0.39 is 24.1 Å². The van der Waals surface area contributed by atoms with E-state index in [0.29, 0.717) is 0 Å². The molecule has 2 unspecified atom stereocenters. The maximum atomic E-state index is 11.5. The number of nitrogen functional groups attached to an aromatic ring is 1. The highest BCUT2D eigenvalue weighted by Gasteiger charge is 2.25. The number of methoxy groups -OCH3 is 2. The fraction of sp³-hybridized carbons (Fsp3) is 0.385. The van der Waals surface area contributed by atoms with Crippen molar-refractivity contribution in [2.45, 2.75) is 18.6 Å². The zero-order chi connectivity index (χ0) is 15.3. The van der Waals surface area contributed by atoms with Crippen molar-refractivity contribution >= 4 is 17.6 Å². The number of esters is 2. The number of carbonyl (C=O) groups excluding carboxylic acids is 2. The van der Waals surface area contributed by atoms with Crippen LogP contribution in [0.25, 0.3) is 0 Å². The molecule has 110 valence electrons. The van der Waals surface area contributed by atoms with Gasteiger partial charge < -0.3 is 25.4 Å². The molecule has 0 radical (unpaired) electrons. The Hall–Kier alpha value is -2.12. The van der Waals surface area contributed by atoms with Crippen LogP contribution in [0.3, 0.4) is 0 Å². The molecule has 0 saturated heterocycles. The number of nitrogens with two attached hydrogens (primary N) is 1. The highest BCUT2D eigenvalue weighted by molar-refractivity contribution is 5.95. The van der Waals surface area contributed by atoms with E-state index in [2.05, 4.69) is 9.47 Å². The molecule has 2 atom stereocenters. The molecule has 0 saturated carbocycles. The summed E-state index contributed by atoms with van der Waals surface area (Å²) in [5, 5.41) is 19.8. The Balaban J connectivity index is 3.01. The number of hydrogen-bond acceptors (Lipinski definition) is 7. The summed E-state index contributed by atoms with van der Waals surface area (Å²) < 4.78 is 8.96. The second kappa shape index (κ2) is 6.88. The van der Waals surface area contributed by atoms with E-state index in [1.54, 1.807) is 0 Å². The fourth-order valence-corrected chi connectivity index (χ4v) is 1.70. The minimum absolute atomic E-state index is 0.00392. The smallest absolute Gasteiger partial charge is 0.339 e. The van der Waals surface area contributed by atoms with E-state index in [0.717, 1.165) is 0 Å². The third-order valence-corrected chi connectivity index (χ3v) is 2.83. The Morgan fingerprint density at radius 1 is 1.25 bits per heavy atom. The van der Waals surface area contributed by atoms with Gasteiger partial charge in [0.15, 0.2) is 0 Å². The molecular weight excluding hydrogens is 266 g/mol. The van der Waals surface area contributed by atoms with E-state index in [1.165, 1.54) is 32.4 Å². The summed E-state index contributed by atoms with van der Waals surface area (Å²) in [6, 6.07) is 4.38. The Bertz CT molecular complexity index is 502. The highest BCUT2D eigenvalue weighted by Crippen LogP contribution is 2.27. The molecule has 0 amide bonds. The van der Waals surface area contributed by atoms with Crippen LogP contribution in [0, 0.1) is 0 Å². The van der Waals surface area contributed by atoms with Gasteiger partial charge in [-0.05, 0) is 6.07 Å². The first kappa shape index (κ1) is 15.9. The average Bonchev–Trinajstić information content (AvgIpc) is 2.45. The zero-order valence-electron chi connectivity index (χ0n) is 11.2. The molecule has 7 heteroatoms.